The first-order valence-corrected chi connectivity index (χ1v) is 10.1. The smallest absolute Gasteiger partial charge is 0.259 e. The van der Waals surface area contributed by atoms with E-state index in [4.69, 9.17) is 0 Å². The summed E-state index contributed by atoms with van der Waals surface area (Å²) in [4.78, 5) is 28.5. The summed E-state index contributed by atoms with van der Waals surface area (Å²) in [5, 5.41) is 10.5. The van der Waals surface area contributed by atoms with Gasteiger partial charge in [0.05, 0.1) is 5.56 Å². The molecule has 0 radical (unpaired) electrons. The van der Waals surface area contributed by atoms with Crippen molar-refractivity contribution in [2.24, 2.45) is 0 Å². The van der Waals surface area contributed by atoms with E-state index in [1.807, 2.05) is 49.4 Å². The maximum absolute atomic E-state index is 13.8. The highest BCUT2D eigenvalue weighted by Crippen LogP contribution is 2.41. The molecular weight excluding hydrogens is 374 g/mol. The number of aryl methyl sites for hydroxylation is 1. The fraction of sp³-hybridized carbons (Fsp3) is 0.231. The van der Waals surface area contributed by atoms with Crippen LogP contribution in [0.5, 0.6) is 5.75 Å². The molecule has 1 heterocycles. The predicted molar refractivity (Wildman–Crippen MR) is 118 cm³/mol. The van der Waals surface area contributed by atoms with Crippen LogP contribution >= 0.6 is 0 Å². The number of amides is 1. The summed E-state index contributed by atoms with van der Waals surface area (Å²) < 4.78 is 0. The second kappa shape index (κ2) is 7.13. The number of ketones is 1. The van der Waals surface area contributed by atoms with E-state index in [2.05, 4.69) is 20.8 Å². The standard InChI is InChI=1S/C26H25NO3/c1-16-9-12-18(13-10-16)27-23(19-7-5-6-8-20(19)25(27)30)24(29)21-15-17(26(2,3)4)11-14-22(21)28/h5-15,23,28H,1-4H3. The largest absolute Gasteiger partial charge is 0.507 e. The third kappa shape index (κ3) is 3.28. The molecule has 0 spiro atoms. The van der Waals surface area contributed by atoms with Crippen LogP contribution in [0.3, 0.4) is 0 Å². The van der Waals surface area contributed by atoms with Gasteiger partial charge >= 0.3 is 0 Å². The molecule has 152 valence electrons. The maximum Gasteiger partial charge on any atom is 0.259 e. The number of anilines is 1. The van der Waals surface area contributed by atoms with Crippen LogP contribution < -0.4 is 4.90 Å². The first-order valence-electron chi connectivity index (χ1n) is 10.1. The van der Waals surface area contributed by atoms with Gasteiger partial charge in [0.15, 0.2) is 5.78 Å². The minimum Gasteiger partial charge on any atom is -0.507 e. The topological polar surface area (TPSA) is 57.6 Å². The Bertz CT molecular complexity index is 1140. The fourth-order valence-electron chi connectivity index (χ4n) is 3.89. The van der Waals surface area contributed by atoms with Gasteiger partial charge < -0.3 is 5.11 Å². The van der Waals surface area contributed by atoms with E-state index in [0.29, 0.717) is 16.8 Å². The van der Waals surface area contributed by atoms with Crippen LogP contribution in [0.1, 0.15) is 64.2 Å². The zero-order valence-corrected chi connectivity index (χ0v) is 17.6. The van der Waals surface area contributed by atoms with E-state index in [0.717, 1.165) is 11.1 Å². The molecule has 1 amide bonds. The molecule has 4 nitrogen and oxygen atoms in total. The van der Waals surface area contributed by atoms with Gasteiger partial charge in [0.25, 0.3) is 5.91 Å². The van der Waals surface area contributed by atoms with Gasteiger partial charge in [-0.3, -0.25) is 14.5 Å². The zero-order chi connectivity index (χ0) is 21.6. The lowest BCUT2D eigenvalue weighted by Gasteiger charge is -2.26. The van der Waals surface area contributed by atoms with E-state index >= 15 is 0 Å². The number of rotatable bonds is 3. The Morgan fingerprint density at radius 2 is 1.63 bits per heavy atom. The number of carbonyl (C=O) groups excluding carboxylic acids is 2. The number of hydrogen-bond acceptors (Lipinski definition) is 3. The third-order valence-corrected chi connectivity index (χ3v) is 5.65. The van der Waals surface area contributed by atoms with Gasteiger partial charge in [-0.1, -0.05) is 62.7 Å². The second-order valence-electron chi connectivity index (χ2n) is 8.85. The summed E-state index contributed by atoms with van der Waals surface area (Å²) in [6.45, 7) is 8.14. The molecular formula is C26H25NO3. The van der Waals surface area contributed by atoms with Crippen molar-refractivity contribution in [2.75, 3.05) is 4.90 Å². The van der Waals surface area contributed by atoms with E-state index in [1.165, 1.54) is 4.90 Å². The van der Waals surface area contributed by atoms with Crippen molar-refractivity contribution in [2.45, 2.75) is 39.2 Å². The van der Waals surface area contributed by atoms with Crippen LogP contribution in [-0.2, 0) is 5.41 Å². The van der Waals surface area contributed by atoms with Gasteiger partial charge in [-0.25, -0.2) is 0 Å². The van der Waals surface area contributed by atoms with Crippen LogP contribution in [0, 0.1) is 6.92 Å². The highest BCUT2D eigenvalue weighted by atomic mass is 16.3. The average molecular weight is 399 g/mol. The Morgan fingerprint density at radius 3 is 2.30 bits per heavy atom. The van der Waals surface area contributed by atoms with E-state index in [9.17, 15) is 14.7 Å². The third-order valence-electron chi connectivity index (χ3n) is 5.65. The van der Waals surface area contributed by atoms with Crippen LogP contribution in [-0.4, -0.2) is 16.8 Å². The molecule has 3 aromatic rings. The van der Waals surface area contributed by atoms with Crippen molar-refractivity contribution in [1.29, 1.82) is 0 Å². The number of fused-ring (bicyclic) bond motifs is 1. The van der Waals surface area contributed by atoms with Gasteiger partial charge in [0.1, 0.15) is 11.8 Å². The van der Waals surface area contributed by atoms with Crippen molar-refractivity contribution in [3.8, 4) is 5.75 Å². The molecule has 1 unspecified atom stereocenters. The van der Waals surface area contributed by atoms with Crippen LogP contribution in [0.4, 0.5) is 5.69 Å². The number of benzene rings is 3. The van der Waals surface area contributed by atoms with E-state index < -0.39 is 6.04 Å². The van der Waals surface area contributed by atoms with Crippen molar-refractivity contribution in [1.82, 2.24) is 0 Å². The average Bonchev–Trinajstić information content (AvgIpc) is 3.00. The Morgan fingerprint density at radius 1 is 0.967 bits per heavy atom. The summed E-state index contributed by atoms with van der Waals surface area (Å²) in [5.74, 6) is -0.578. The molecule has 0 saturated heterocycles. The molecule has 3 aromatic carbocycles. The fourth-order valence-corrected chi connectivity index (χ4v) is 3.89. The molecule has 0 aliphatic carbocycles. The van der Waals surface area contributed by atoms with Gasteiger partial charge in [-0.15, -0.1) is 0 Å². The van der Waals surface area contributed by atoms with Crippen LogP contribution in [0.15, 0.2) is 66.7 Å². The molecule has 4 heteroatoms. The number of carbonyl (C=O) groups is 2. The van der Waals surface area contributed by atoms with Gasteiger partial charge in [0.2, 0.25) is 0 Å². The highest BCUT2D eigenvalue weighted by molar-refractivity contribution is 6.19. The SMILES string of the molecule is Cc1ccc(N2C(=O)c3ccccc3C2C(=O)c2cc(C(C)(C)C)ccc2O)cc1. The lowest BCUT2D eigenvalue weighted by atomic mass is 9.84. The Balaban J connectivity index is 1.87. The number of Topliss-reactive ketones (excluding diaryl/α,β-unsaturated/α-hetero) is 1. The minimum absolute atomic E-state index is 0.0753. The van der Waals surface area contributed by atoms with Crippen molar-refractivity contribution >= 4 is 17.4 Å². The molecule has 1 atom stereocenters. The first-order chi connectivity index (χ1) is 14.2. The Labute approximate surface area is 176 Å². The minimum atomic E-state index is -0.822. The number of phenols is 1. The van der Waals surface area contributed by atoms with Crippen molar-refractivity contribution in [3.05, 3.63) is 94.5 Å². The number of phenolic OH excluding ortho intramolecular Hbond substituents is 1. The number of hydrogen-bond donors (Lipinski definition) is 1. The normalized spacial score (nSPS) is 15.9. The molecule has 1 aliphatic rings. The molecule has 1 N–H and O–H groups in total. The first kappa shape index (κ1) is 19.9. The summed E-state index contributed by atoms with van der Waals surface area (Å²) in [7, 11) is 0. The Kier molecular flexibility index (Phi) is 4.73. The van der Waals surface area contributed by atoms with Gasteiger partial charge in [-0.2, -0.15) is 0 Å². The molecule has 0 saturated carbocycles. The lowest BCUT2D eigenvalue weighted by molar-refractivity contribution is 0.0914. The molecule has 4 rings (SSSR count). The zero-order valence-electron chi connectivity index (χ0n) is 17.6. The quantitative estimate of drug-likeness (QED) is 0.585. The van der Waals surface area contributed by atoms with Gasteiger partial charge in [0, 0.05) is 11.3 Å². The number of aromatic hydroxyl groups is 1. The summed E-state index contributed by atoms with van der Waals surface area (Å²) in [5.41, 5.74) is 3.91. The monoisotopic (exact) mass is 399 g/mol. The van der Waals surface area contributed by atoms with Crippen molar-refractivity contribution in [3.63, 3.8) is 0 Å². The molecule has 0 bridgehead atoms. The highest BCUT2D eigenvalue weighted by Gasteiger charge is 2.42. The molecule has 30 heavy (non-hydrogen) atoms. The predicted octanol–water partition coefficient (Wildman–Crippen LogP) is 5.58. The van der Waals surface area contributed by atoms with Crippen molar-refractivity contribution < 1.29 is 14.7 Å². The molecule has 0 fully saturated rings. The molecule has 1 aliphatic heterocycles. The molecule has 0 aromatic heterocycles. The Hall–Kier alpha value is -3.40. The lowest BCUT2D eigenvalue weighted by Crippen LogP contribution is -2.33. The van der Waals surface area contributed by atoms with E-state index in [-0.39, 0.29) is 28.4 Å². The summed E-state index contributed by atoms with van der Waals surface area (Å²) in [6, 6.07) is 19.1. The maximum atomic E-state index is 13.8. The second-order valence-corrected chi connectivity index (χ2v) is 8.85. The van der Waals surface area contributed by atoms with Crippen LogP contribution in [0.2, 0.25) is 0 Å². The van der Waals surface area contributed by atoms with Gasteiger partial charge in [-0.05, 0) is 53.8 Å². The summed E-state index contributed by atoms with van der Waals surface area (Å²) in [6.07, 6.45) is 0. The number of nitrogens with zero attached hydrogens (tertiary/aromatic N) is 1. The van der Waals surface area contributed by atoms with Crippen LogP contribution in [0.25, 0.3) is 0 Å². The summed E-state index contributed by atoms with van der Waals surface area (Å²) >= 11 is 0. The van der Waals surface area contributed by atoms with E-state index in [1.54, 1.807) is 24.3 Å².